The van der Waals surface area contributed by atoms with Crippen LogP contribution in [0.5, 0.6) is 0 Å². The van der Waals surface area contributed by atoms with Crippen LogP contribution in [0.15, 0.2) is 65.3 Å². The standard InChI is InChI=1S/C21H13F3N4O4/c22-21(23,24)15-4-2-1-3-13(15)11-18(29)12-5-7-14(8-6-12)25-16-9-10-17(28(30)31)20-19(16)26-32-27-20/h1-10,25H,11H2. The highest BCUT2D eigenvalue weighted by Gasteiger charge is 2.33. The van der Waals surface area contributed by atoms with Gasteiger partial charge in [0.25, 0.3) is 0 Å². The van der Waals surface area contributed by atoms with Gasteiger partial charge >= 0.3 is 11.9 Å². The van der Waals surface area contributed by atoms with Crippen molar-refractivity contribution in [3.05, 3.63) is 87.5 Å². The molecule has 0 saturated heterocycles. The van der Waals surface area contributed by atoms with E-state index in [4.69, 9.17) is 0 Å². The van der Waals surface area contributed by atoms with E-state index < -0.39 is 28.9 Å². The molecule has 0 aliphatic heterocycles. The van der Waals surface area contributed by atoms with Gasteiger partial charge < -0.3 is 5.32 Å². The average Bonchev–Trinajstić information content (AvgIpc) is 3.24. The smallest absolute Gasteiger partial charge is 0.354 e. The Morgan fingerprint density at radius 2 is 1.69 bits per heavy atom. The van der Waals surface area contributed by atoms with Crippen LogP contribution in [0.3, 0.4) is 0 Å². The predicted molar refractivity (Wildman–Crippen MR) is 108 cm³/mol. The van der Waals surface area contributed by atoms with Crippen LogP contribution in [0.4, 0.5) is 30.2 Å². The van der Waals surface area contributed by atoms with Gasteiger partial charge in [-0.1, -0.05) is 18.2 Å². The Morgan fingerprint density at radius 3 is 2.38 bits per heavy atom. The van der Waals surface area contributed by atoms with Crippen molar-refractivity contribution in [2.24, 2.45) is 0 Å². The molecular formula is C21H13F3N4O4. The number of hydrogen-bond donors (Lipinski definition) is 1. The van der Waals surface area contributed by atoms with E-state index in [0.29, 0.717) is 11.4 Å². The van der Waals surface area contributed by atoms with E-state index in [1.165, 1.54) is 42.5 Å². The maximum absolute atomic E-state index is 13.1. The summed E-state index contributed by atoms with van der Waals surface area (Å²) in [7, 11) is 0. The van der Waals surface area contributed by atoms with E-state index in [9.17, 15) is 28.1 Å². The summed E-state index contributed by atoms with van der Waals surface area (Å²) in [4.78, 5) is 23.0. The monoisotopic (exact) mass is 442 g/mol. The highest BCUT2D eigenvalue weighted by Crippen LogP contribution is 2.33. The zero-order valence-electron chi connectivity index (χ0n) is 16.1. The fourth-order valence-electron chi connectivity index (χ4n) is 3.22. The summed E-state index contributed by atoms with van der Waals surface area (Å²) in [6, 6.07) is 13.7. The molecule has 3 aromatic carbocycles. The number of halogens is 3. The van der Waals surface area contributed by atoms with Gasteiger partial charge in [-0.25, -0.2) is 4.63 Å². The molecule has 0 spiro atoms. The number of nitrogens with one attached hydrogen (secondary N) is 1. The summed E-state index contributed by atoms with van der Waals surface area (Å²) in [5, 5.41) is 21.3. The summed E-state index contributed by atoms with van der Waals surface area (Å²) >= 11 is 0. The van der Waals surface area contributed by atoms with Crippen LogP contribution in [0, 0.1) is 10.1 Å². The maximum atomic E-state index is 13.1. The average molecular weight is 442 g/mol. The molecule has 1 N–H and O–H groups in total. The number of carbonyl (C=O) groups is 1. The number of aromatic nitrogens is 2. The second kappa shape index (κ2) is 8.10. The Labute approximate surface area is 177 Å². The molecule has 32 heavy (non-hydrogen) atoms. The number of fused-ring (bicyclic) bond motifs is 1. The number of rotatable bonds is 6. The molecule has 1 aromatic heterocycles. The van der Waals surface area contributed by atoms with Gasteiger partial charge in [0.15, 0.2) is 11.3 Å². The minimum Gasteiger partial charge on any atom is -0.354 e. The second-order valence-electron chi connectivity index (χ2n) is 6.81. The van der Waals surface area contributed by atoms with Gasteiger partial charge in [-0.05, 0) is 52.3 Å². The number of Topliss-reactive ketones (excluding diaryl/α,β-unsaturated/α-hetero) is 1. The quantitative estimate of drug-likeness (QED) is 0.244. The molecule has 0 fully saturated rings. The fraction of sp³-hybridized carbons (Fsp3) is 0.0952. The van der Waals surface area contributed by atoms with Crippen molar-refractivity contribution in [1.29, 1.82) is 0 Å². The molecule has 1 heterocycles. The Balaban J connectivity index is 1.53. The molecular weight excluding hydrogens is 429 g/mol. The van der Waals surface area contributed by atoms with Crippen LogP contribution in [0.25, 0.3) is 11.0 Å². The van der Waals surface area contributed by atoms with Gasteiger partial charge in [0.2, 0.25) is 5.52 Å². The van der Waals surface area contributed by atoms with Crippen molar-refractivity contribution < 1.29 is 27.5 Å². The third kappa shape index (κ3) is 4.13. The molecule has 162 valence electrons. The molecule has 0 unspecified atom stereocenters. The molecule has 0 radical (unpaired) electrons. The van der Waals surface area contributed by atoms with Crippen molar-refractivity contribution in [2.45, 2.75) is 12.6 Å². The van der Waals surface area contributed by atoms with Gasteiger partial charge in [0.05, 0.1) is 16.2 Å². The molecule has 11 heteroatoms. The number of alkyl halides is 3. The first kappa shape index (κ1) is 21.0. The predicted octanol–water partition coefficient (Wildman–Crippen LogP) is 5.32. The van der Waals surface area contributed by atoms with Crippen molar-refractivity contribution in [3.8, 4) is 0 Å². The van der Waals surface area contributed by atoms with Gasteiger partial charge in [0, 0.05) is 23.7 Å². The number of anilines is 2. The highest BCUT2D eigenvalue weighted by atomic mass is 19.4. The number of benzene rings is 3. The number of carbonyl (C=O) groups excluding carboxylic acids is 1. The number of ketones is 1. The Bertz CT molecular complexity index is 1320. The number of nitrogens with zero attached hydrogens (tertiary/aromatic N) is 3. The first-order valence-electron chi connectivity index (χ1n) is 9.19. The third-order valence-corrected chi connectivity index (χ3v) is 4.75. The Hall–Kier alpha value is -4.28. The van der Waals surface area contributed by atoms with Crippen LogP contribution in [0.2, 0.25) is 0 Å². The van der Waals surface area contributed by atoms with E-state index in [1.807, 2.05) is 0 Å². The zero-order chi connectivity index (χ0) is 22.9. The Kier molecular flexibility index (Phi) is 5.31. The molecule has 0 bridgehead atoms. The second-order valence-corrected chi connectivity index (χ2v) is 6.81. The number of hydrogen-bond acceptors (Lipinski definition) is 7. The molecule has 4 aromatic rings. The van der Waals surface area contributed by atoms with Crippen molar-refractivity contribution in [3.63, 3.8) is 0 Å². The van der Waals surface area contributed by atoms with Crippen molar-refractivity contribution >= 4 is 33.9 Å². The zero-order valence-corrected chi connectivity index (χ0v) is 16.1. The van der Waals surface area contributed by atoms with Gasteiger partial charge in [-0.2, -0.15) is 13.2 Å². The minimum absolute atomic E-state index is 0.0184. The molecule has 0 amide bonds. The van der Waals surface area contributed by atoms with Crippen LogP contribution >= 0.6 is 0 Å². The summed E-state index contributed by atoms with van der Waals surface area (Å²) in [5.41, 5.74) is 0.101. The van der Waals surface area contributed by atoms with Crippen molar-refractivity contribution in [2.75, 3.05) is 5.32 Å². The normalized spacial score (nSPS) is 11.5. The maximum Gasteiger partial charge on any atom is 0.416 e. The summed E-state index contributed by atoms with van der Waals surface area (Å²) in [6.45, 7) is 0. The number of nitro groups is 1. The van der Waals surface area contributed by atoms with Gasteiger partial charge in [-0.15, -0.1) is 0 Å². The molecule has 4 rings (SSSR count). The lowest BCUT2D eigenvalue weighted by Gasteiger charge is -2.12. The van der Waals surface area contributed by atoms with Gasteiger partial charge in [0.1, 0.15) is 0 Å². The topological polar surface area (TPSA) is 111 Å². The summed E-state index contributed by atoms with van der Waals surface area (Å²) in [6.07, 6.45) is -4.94. The molecule has 8 nitrogen and oxygen atoms in total. The third-order valence-electron chi connectivity index (χ3n) is 4.75. The van der Waals surface area contributed by atoms with Crippen LogP contribution in [-0.2, 0) is 12.6 Å². The van der Waals surface area contributed by atoms with E-state index in [2.05, 4.69) is 20.3 Å². The van der Waals surface area contributed by atoms with Crippen molar-refractivity contribution in [1.82, 2.24) is 10.3 Å². The summed E-state index contributed by atoms with van der Waals surface area (Å²) in [5.74, 6) is -0.466. The first-order chi connectivity index (χ1) is 15.2. The first-order valence-corrected chi connectivity index (χ1v) is 9.19. The lowest BCUT2D eigenvalue weighted by Crippen LogP contribution is -2.12. The lowest BCUT2D eigenvalue weighted by atomic mass is 9.98. The van der Waals surface area contributed by atoms with E-state index >= 15 is 0 Å². The van der Waals surface area contributed by atoms with E-state index in [0.717, 1.165) is 6.07 Å². The summed E-state index contributed by atoms with van der Waals surface area (Å²) < 4.78 is 44.0. The van der Waals surface area contributed by atoms with Crippen LogP contribution in [0.1, 0.15) is 21.5 Å². The van der Waals surface area contributed by atoms with Crippen LogP contribution < -0.4 is 5.32 Å². The SMILES string of the molecule is O=C(Cc1ccccc1C(F)(F)F)c1ccc(Nc2ccc([N+](=O)[O-])c3nonc23)cc1. The fourth-order valence-corrected chi connectivity index (χ4v) is 3.22. The van der Waals surface area contributed by atoms with E-state index in [1.54, 1.807) is 12.1 Å². The van der Waals surface area contributed by atoms with Crippen LogP contribution in [-0.4, -0.2) is 21.0 Å². The van der Waals surface area contributed by atoms with Gasteiger partial charge in [-0.3, -0.25) is 14.9 Å². The van der Waals surface area contributed by atoms with E-state index in [-0.39, 0.29) is 27.8 Å². The Morgan fingerprint density at radius 1 is 1.00 bits per heavy atom. The highest BCUT2D eigenvalue weighted by molar-refractivity contribution is 5.98. The molecule has 0 saturated carbocycles. The number of nitro benzene ring substituents is 1. The minimum atomic E-state index is -4.54. The largest absolute Gasteiger partial charge is 0.416 e. The molecule has 0 aliphatic carbocycles. The number of non-ortho nitro benzene ring substituents is 1. The molecule has 0 atom stereocenters. The molecule has 0 aliphatic rings. The lowest BCUT2D eigenvalue weighted by molar-refractivity contribution is -0.383.